The zero-order valence-corrected chi connectivity index (χ0v) is 40.9. The van der Waals surface area contributed by atoms with Gasteiger partial charge >= 0.3 is 5.97 Å². The third-order valence-corrected chi connectivity index (χ3v) is 11.4. The number of amides is 1. The van der Waals surface area contributed by atoms with Crippen molar-refractivity contribution >= 4 is 65.9 Å². The van der Waals surface area contributed by atoms with E-state index < -0.39 is 5.97 Å². The van der Waals surface area contributed by atoms with Crippen molar-refractivity contribution in [2.24, 2.45) is 17.6 Å². The SMILES string of the molecule is CN(C)[C@H](CNC(=O)C[C@H](c1ccccc1)C1CC1)Cc1ccc(O)cc1.Cc1cc(O)cc(C)c1C[C@@H](CN)N(C)C.O=C(O)C[C@H](c1ccccc1)C1CC1.S.S.S.S. The van der Waals surface area contributed by atoms with Gasteiger partial charge in [0.1, 0.15) is 11.5 Å². The van der Waals surface area contributed by atoms with Crippen molar-refractivity contribution in [2.45, 2.75) is 89.1 Å². The second-order valence-electron chi connectivity index (χ2n) is 16.4. The van der Waals surface area contributed by atoms with Crippen molar-refractivity contribution in [3.8, 4) is 11.5 Å². The standard InChI is InChI=1S/C23H30N2O2.C13H22N2O.C12H14O2.4H2S/c1-25(2)20(14-17-8-12-21(26)13-9-17)16-24-23(27)15-22(19-10-11-19)18-6-4-3-5-7-18;1-9-5-12(16)6-10(2)13(9)7-11(8-14)15(3)4;13-12(14)8-11(10-6-7-10)9-4-2-1-3-5-9;;;;/h3-9,12-13,19-20,22,26H,10-11,14-16H2,1-2H3,(H,24,27);5-6,11,16H,7-8,14H2,1-4H3;1-5,10-11H,6-8H2,(H,13,14);4*1H2/t20-,22+;2*11-;;;;/m001..../s1. The molecule has 0 aromatic heterocycles. The van der Waals surface area contributed by atoms with Crippen molar-refractivity contribution in [3.05, 3.63) is 130 Å². The van der Waals surface area contributed by atoms with Crippen molar-refractivity contribution in [1.82, 2.24) is 15.1 Å². The minimum Gasteiger partial charge on any atom is -0.508 e. The van der Waals surface area contributed by atoms with E-state index in [0.29, 0.717) is 49.1 Å². The summed E-state index contributed by atoms with van der Waals surface area (Å²) in [6.45, 7) is 5.34. The van der Waals surface area contributed by atoms with Gasteiger partial charge < -0.3 is 36.2 Å². The highest BCUT2D eigenvalue weighted by Gasteiger charge is 2.34. The van der Waals surface area contributed by atoms with Crippen molar-refractivity contribution in [3.63, 3.8) is 0 Å². The number of carbonyl (C=O) groups is 2. The molecule has 340 valence electrons. The predicted octanol–water partition coefficient (Wildman–Crippen LogP) is 8.11. The topological polar surface area (TPSA) is 139 Å². The molecule has 0 heterocycles. The van der Waals surface area contributed by atoms with Crippen LogP contribution in [0.4, 0.5) is 0 Å². The molecule has 0 bridgehead atoms. The number of hydrogen-bond acceptors (Lipinski definition) is 7. The molecule has 61 heavy (non-hydrogen) atoms. The number of likely N-dealkylation sites (N-methyl/N-ethyl adjacent to an activating group) is 2. The van der Waals surface area contributed by atoms with Gasteiger partial charge in [-0.25, -0.2) is 0 Å². The smallest absolute Gasteiger partial charge is 0.303 e. The molecule has 0 aliphatic heterocycles. The maximum atomic E-state index is 12.6. The van der Waals surface area contributed by atoms with Gasteiger partial charge in [0.2, 0.25) is 5.91 Å². The van der Waals surface area contributed by atoms with Gasteiger partial charge in [0.05, 0.1) is 6.42 Å². The second-order valence-corrected chi connectivity index (χ2v) is 16.4. The lowest BCUT2D eigenvalue weighted by atomic mass is 9.90. The van der Waals surface area contributed by atoms with Gasteiger partial charge in [-0.3, -0.25) is 9.59 Å². The largest absolute Gasteiger partial charge is 0.508 e. The lowest BCUT2D eigenvalue weighted by Crippen LogP contribution is -2.42. The summed E-state index contributed by atoms with van der Waals surface area (Å²) in [5.74, 6) is 1.88. The Morgan fingerprint density at radius 2 is 1.10 bits per heavy atom. The summed E-state index contributed by atoms with van der Waals surface area (Å²) in [6.07, 6.45) is 7.43. The first kappa shape index (κ1) is 57.7. The molecule has 4 atom stereocenters. The van der Waals surface area contributed by atoms with Crippen LogP contribution in [-0.2, 0) is 22.4 Å². The van der Waals surface area contributed by atoms with Gasteiger partial charge in [0.25, 0.3) is 0 Å². The minimum absolute atomic E-state index is 0. The van der Waals surface area contributed by atoms with E-state index in [2.05, 4.69) is 39.4 Å². The molecular formula is C48H74N4O5S4. The predicted molar refractivity (Wildman–Crippen MR) is 272 cm³/mol. The summed E-state index contributed by atoms with van der Waals surface area (Å²) in [5, 5.41) is 30.9. The Balaban J connectivity index is 0.000000917. The fraction of sp³-hybridized carbons (Fsp3) is 0.458. The Morgan fingerprint density at radius 3 is 1.49 bits per heavy atom. The van der Waals surface area contributed by atoms with Gasteiger partial charge in [-0.15, -0.1) is 0 Å². The Labute approximate surface area is 393 Å². The number of nitrogens with two attached hydrogens (primary N) is 1. The monoisotopic (exact) mass is 914 g/mol. The Hall–Kier alpha value is -3.30. The first-order chi connectivity index (χ1) is 27.2. The highest BCUT2D eigenvalue weighted by Crippen LogP contribution is 2.45. The van der Waals surface area contributed by atoms with E-state index in [0.717, 1.165) is 29.5 Å². The van der Waals surface area contributed by atoms with Gasteiger partial charge in [-0.2, -0.15) is 54.0 Å². The molecule has 4 aromatic carbocycles. The molecule has 2 saturated carbocycles. The van der Waals surface area contributed by atoms with Gasteiger partial charge in [-0.1, -0.05) is 72.8 Å². The number of carbonyl (C=O) groups excluding carboxylic acids is 1. The van der Waals surface area contributed by atoms with Crippen molar-refractivity contribution < 1.29 is 24.9 Å². The van der Waals surface area contributed by atoms with Crippen LogP contribution in [0.25, 0.3) is 0 Å². The molecule has 9 nitrogen and oxygen atoms in total. The number of phenolic OH excluding ortho intramolecular Hbond substituents is 2. The average Bonchev–Trinajstić information content (AvgIpc) is 4.12. The molecule has 2 aliphatic rings. The van der Waals surface area contributed by atoms with E-state index in [-0.39, 0.29) is 84.0 Å². The van der Waals surface area contributed by atoms with Crippen LogP contribution < -0.4 is 11.1 Å². The van der Waals surface area contributed by atoms with Gasteiger partial charge in [-0.05, 0) is 162 Å². The molecule has 0 radical (unpaired) electrons. The summed E-state index contributed by atoms with van der Waals surface area (Å²) in [7, 11) is 8.16. The molecule has 0 spiro atoms. The molecule has 2 aliphatic carbocycles. The summed E-state index contributed by atoms with van der Waals surface area (Å²) >= 11 is 0. The third-order valence-electron chi connectivity index (χ3n) is 11.4. The van der Waals surface area contributed by atoms with E-state index in [9.17, 15) is 19.8 Å². The first-order valence-corrected chi connectivity index (χ1v) is 20.4. The number of carboxylic acid groups (broad SMARTS) is 1. The lowest BCUT2D eigenvalue weighted by molar-refractivity contribution is -0.137. The maximum absolute atomic E-state index is 12.6. The maximum Gasteiger partial charge on any atom is 0.303 e. The average molecular weight is 915 g/mol. The van der Waals surface area contributed by atoms with Crippen molar-refractivity contribution in [1.29, 1.82) is 0 Å². The number of aromatic hydroxyl groups is 2. The molecule has 4 aromatic rings. The molecule has 1 amide bonds. The van der Waals surface area contributed by atoms with E-state index >= 15 is 0 Å². The number of phenols is 2. The van der Waals surface area contributed by atoms with Crippen LogP contribution in [0, 0.1) is 25.7 Å². The zero-order valence-electron chi connectivity index (χ0n) is 36.9. The lowest BCUT2D eigenvalue weighted by Gasteiger charge is -2.25. The zero-order chi connectivity index (χ0) is 41.5. The highest BCUT2D eigenvalue weighted by atomic mass is 32.1. The molecule has 6 rings (SSSR count). The van der Waals surface area contributed by atoms with Crippen LogP contribution >= 0.6 is 54.0 Å². The Kier molecular flexibility index (Phi) is 27.6. The van der Waals surface area contributed by atoms with E-state index in [4.69, 9.17) is 10.8 Å². The first-order valence-electron chi connectivity index (χ1n) is 20.4. The molecule has 13 heteroatoms. The summed E-state index contributed by atoms with van der Waals surface area (Å²) in [4.78, 5) is 27.6. The fourth-order valence-corrected chi connectivity index (χ4v) is 7.55. The molecular weight excluding hydrogens is 841 g/mol. The van der Waals surface area contributed by atoms with Crippen LogP contribution in [-0.4, -0.2) is 90.4 Å². The number of aryl methyl sites for hydroxylation is 2. The summed E-state index contributed by atoms with van der Waals surface area (Å²) in [5.41, 5.74) is 12.9. The third kappa shape index (κ3) is 20.2. The summed E-state index contributed by atoms with van der Waals surface area (Å²) < 4.78 is 0. The van der Waals surface area contributed by atoms with Crippen LogP contribution in [0.1, 0.15) is 83.7 Å². The quantitative estimate of drug-likeness (QED) is 0.0717. The number of carboxylic acids is 1. The molecule has 0 saturated heterocycles. The van der Waals surface area contributed by atoms with Crippen LogP contribution in [0.2, 0.25) is 0 Å². The molecule has 2 fully saturated rings. The number of benzene rings is 4. The van der Waals surface area contributed by atoms with Crippen LogP contribution in [0.3, 0.4) is 0 Å². The van der Waals surface area contributed by atoms with Crippen molar-refractivity contribution in [2.75, 3.05) is 41.3 Å². The van der Waals surface area contributed by atoms with Crippen LogP contribution in [0.15, 0.2) is 97.1 Å². The van der Waals surface area contributed by atoms with Gasteiger partial charge in [0.15, 0.2) is 0 Å². The van der Waals surface area contributed by atoms with E-state index in [1.165, 1.54) is 42.4 Å². The highest BCUT2D eigenvalue weighted by molar-refractivity contribution is 7.59. The fourth-order valence-electron chi connectivity index (χ4n) is 7.55. The number of rotatable bonds is 17. The minimum atomic E-state index is -0.689. The molecule has 6 N–H and O–H groups in total. The number of aliphatic carboxylic acids is 1. The van der Waals surface area contributed by atoms with Crippen LogP contribution in [0.5, 0.6) is 11.5 Å². The number of nitrogens with one attached hydrogen (secondary N) is 1. The van der Waals surface area contributed by atoms with E-state index in [1.54, 1.807) is 12.1 Å². The Bertz CT molecular complexity index is 1810. The number of nitrogens with zero attached hydrogens (tertiary/aromatic N) is 2. The normalized spacial score (nSPS) is 14.6. The second kappa shape index (κ2) is 29.1. The Morgan fingerprint density at radius 1 is 0.656 bits per heavy atom. The summed E-state index contributed by atoms with van der Waals surface area (Å²) in [6, 6.07) is 31.9. The van der Waals surface area contributed by atoms with E-state index in [1.807, 2.05) is 103 Å². The number of hydrogen-bond donors (Lipinski definition) is 5. The van der Waals surface area contributed by atoms with Gasteiger partial charge in [0, 0.05) is 31.6 Å². The molecule has 0 unspecified atom stereocenters.